The zero-order valence-electron chi connectivity index (χ0n) is 34.3. The fourth-order valence-electron chi connectivity index (χ4n) is 9.17. The zero-order valence-corrected chi connectivity index (χ0v) is 37.6. The Bertz CT molecular complexity index is 3360. The molecule has 8 heteroatoms. The Balaban J connectivity index is 0.00000484. The predicted molar refractivity (Wildman–Crippen MR) is 257 cm³/mol. The standard InChI is InChI=1S/C56H36N6Si.Pt/c1-57-43-35-42(56-60-59-39-61(56)55-48(40-19-6-2-7-20-40)28-18-29-49(55)41-21-8-3-9-22-41)36-47(37-43)63(44-23-10-4-11-24-44,45-25-12-5-13-26-45)46-32-33-51-50-27-14-15-30-52(50)62(53(51)38-46)54-31-16-17-34-58-54;/h2-35,37,39H;/q-2;+2. The fourth-order valence-corrected chi connectivity index (χ4v) is 13.8. The molecule has 0 unspecified atom stereocenters. The first-order valence-electron chi connectivity index (χ1n) is 20.8. The van der Waals surface area contributed by atoms with Gasteiger partial charge in [0.25, 0.3) is 0 Å². The second kappa shape index (κ2) is 17.2. The fraction of sp³-hybridized carbons (Fsp3) is 0. The van der Waals surface area contributed by atoms with E-state index in [-0.39, 0.29) is 21.1 Å². The van der Waals surface area contributed by atoms with Gasteiger partial charge in [-0.2, -0.15) is 28.5 Å². The van der Waals surface area contributed by atoms with Crippen molar-refractivity contribution in [2.24, 2.45) is 0 Å². The molecule has 0 fully saturated rings. The molecule has 0 aliphatic carbocycles. The molecule has 0 amide bonds. The second-order valence-corrected chi connectivity index (χ2v) is 19.1. The number of para-hydroxylation sites is 2. The second-order valence-electron chi connectivity index (χ2n) is 15.4. The Morgan fingerprint density at radius 3 is 1.78 bits per heavy atom. The summed E-state index contributed by atoms with van der Waals surface area (Å²) < 4.78 is 4.27. The van der Waals surface area contributed by atoms with E-state index in [4.69, 9.17) is 16.7 Å². The van der Waals surface area contributed by atoms with Crippen LogP contribution in [-0.4, -0.2) is 32.4 Å². The first-order chi connectivity index (χ1) is 31.2. The Morgan fingerprint density at radius 2 is 1.16 bits per heavy atom. The van der Waals surface area contributed by atoms with Gasteiger partial charge in [-0.05, 0) is 45.1 Å². The smallest absolute Gasteiger partial charge is 0.322 e. The van der Waals surface area contributed by atoms with Crippen molar-refractivity contribution in [1.82, 2.24) is 24.3 Å². The van der Waals surface area contributed by atoms with Gasteiger partial charge in [0, 0.05) is 22.8 Å². The first-order valence-corrected chi connectivity index (χ1v) is 22.8. The maximum Gasteiger partial charge on any atom is 2.00 e. The van der Waals surface area contributed by atoms with E-state index in [1.807, 2.05) is 48.7 Å². The molecule has 0 atom stereocenters. The molecule has 0 bridgehead atoms. The Labute approximate surface area is 386 Å². The van der Waals surface area contributed by atoms with Crippen molar-refractivity contribution in [3.8, 4) is 45.1 Å². The summed E-state index contributed by atoms with van der Waals surface area (Å²) in [5.41, 5.74) is 8.28. The molecular formula is C56H36N6PtSi. The molecule has 3 heterocycles. The summed E-state index contributed by atoms with van der Waals surface area (Å²) >= 11 is 0. The van der Waals surface area contributed by atoms with E-state index in [0.717, 1.165) is 76.3 Å². The number of aromatic nitrogens is 5. The minimum Gasteiger partial charge on any atom is -0.322 e. The molecule has 11 rings (SSSR count). The number of hydrogen-bond donors (Lipinski definition) is 0. The summed E-state index contributed by atoms with van der Waals surface area (Å²) in [6, 6.07) is 79.5. The van der Waals surface area contributed by atoms with E-state index in [1.165, 1.54) is 0 Å². The topological polar surface area (TPSA) is 52.9 Å². The molecule has 0 radical (unpaired) electrons. The SMILES string of the molecule is [C-]#[N+]c1cc(-c2nncn2-c2c(-c3ccccc3)cccc2-c2ccccc2)[c-]c([Si](c2[c-]c3c(cc2)c2ccccc2n3-c2ccccn2)(c2ccccc2)c2ccccc2)c1.[Pt+2]. The Morgan fingerprint density at radius 1 is 0.547 bits per heavy atom. The van der Waals surface area contributed by atoms with Gasteiger partial charge >= 0.3 is 21.1 Å². The molecule has 0 spiro atoms. The van der Waals surface area contributed by atoms with Gasteiger partial charge in [0.1, 0.15) is 25.9 Å². The largest absolute Gasteiger partial charge is 2.00 e. The quantitative estimate of drug-likeness (QED) is 0.0823. The summed E-state index contributed by atoms with van der Waals surface area (Å²) in [7, 11) is -3.35. The summed E-state index contributed by atoms with van der Waals surface area (Å²) in [4.78, 5) is 8.97. The van der Waals surface area contributed by atoms with Crippen LogP contribution in [0, 0.1) is 18.7 Å². The number of rotatable bonds is 9. The summed E-state index contributed by atoms with van der Waals surface area (Å²) in [5.74, 6) is 1.40. The average molecular weight is 1020 g/mol. The van der Waals surface area contributed by atoms with Crippen molar-refractivity contribution in [1.29, 1.82) is 0 Å². The van der Waals surface area contributed by atoms with Crippen LogP contribution in [0.25, 0.3) is 71.8 Å². The summed E-state index contributed by atoms with van der Waals surface area (Å²) in [6.45, 7) is 8.55. The third-order valence-electron chi connectivity index (χ3n) is 11.9. The zero-order chi connectivity index (χ0) is 42.2. The van der Waals surface area contributed by atoms with Crippen molar-refractivity contribution in [2.75, 3.05) is 0 Å². The number of hydrogen-bond acceptors (Lipinski definition) is 3. The Hall–Kier alpha value is -7.75. The van der Waals surface area contributed by atoms with Crippen molar-refractivity contribution in [3.05, 3.63) is 242 Å². The Kier molecular flexibility index (Phi) is 10.8. The average Bonchev–Trinajstić information content (AvgIpc) is 3.99. The van der Waals surface area contributed by atoms with Crippen molar-refractivity contribution in [2.45, 2.75) is 0 Å². The molecular weight excluding hydrogens is 980 g/mol. The number of nitrogens with zero attached hydrogens (tertiary/aromatic N) is 6. The van der Waals surface area contributed by atoms with Crippen LogP contribution in [0.4, 0.5) is 5.69 Å². The van der Waals surface area contributed by atoms with Gasteiger partial charge in [0.2, 0.25) is 0 Å². The van der Waals surface area contributed by atoms with Crippen LogP contribution < -0.4 is 20.7 Å². The molecule has 8 aromatic carbocycles. The van der Waals surface area contributed by atoms with Crippen LogP contribution in [0.1, 0.15) is 0 Å². The minimum atomic E-state index is -3.35. The molecule has 0 N–H and O–H groups in total. The number of fused-ring (bicyclic) bond motifs is 3. The van der Waals surface area contributed by atoms with E-state index >= 15 is 0 Å². The van der Waals surface area contributed by atoms with E-state index in [0.29, 0.717) is 17.1 Å². The van der Waals surface area contributed by atoms with Gasteiger partial charge < -0.3 is 9.13 Å². The molecule has 304 valence electrons. The van der Waals surface area contributed by atoms with Crippen LogP contribution >= 0.6 is 0 Å². The van der Waals surface area contributed by atoms with Crippen LogP contribution in [-0.2, 0) is 21.1 Å². The van der Waals surface area contributed by atoms with Gasteiger partial charge in [-0.3, -0.25) is 4.85 Å². The van der Waals surface area contributed by atoms with E-state index in [9.17, 15) is 0 Å². The minimum absolute atomic E-state index is 0. The van der Waals surface area contributed by atoms with Crippen LogP contribution in [0.15, 0.2) is 219 Å². The number of pyridine rings is 1. The first kappa shape index (κ1) is 40.3. The van der Waals surface area contributed by atoms with Gasteiger partial charge in [0.15, 0.2) is 0 Å². The van der Waals surface area contributed by atoms with Gasteiger partial charge in [-0.25, -0.2) is 4.98 Å². The molecule has 6 nitrogen and oxygen atoms in total. The van der Waals surface area contributed by atoms with Crippen LogP contribution in [0.3, 0.4) is 0 Å². The van der Waals surface area contributed by atoms with E-state index < -0.39 is 8.07 Å². The molecule has 0 saturated heterocycles. The van der Waals surface area contributed by atoms with E-state index in [1.54, 1.807) is 6.33 Å². The molecule has 11 aromatic rings. The molecule has 0 saturated carbocycles. The molecule has 0 aliphatic rings. The van der Waals surface area contributed by atoms with Gasteiger partial charge in [-0.1, -0.05) is 169 Å². The third kappa shape index (κ3) is 6.81. The third-order valence-corrected chi connectivity index (χ3v) is 16.5. The summed E-state index contributed by atoms with van der Waals surface area (Å²) in [6.07, 6.45) is 3.61. The van der Waals surface area contributed by atoms with Crippen LogP contribution in [0.5, 0.6) is 0 Å². The number of benzene rings is 8. The van der Waals surface area contributed by atoms with Crippen molar-refractivity contribution < 1.29 is 21.1 Å². The predicted octanol–water partition coefficient (Wildman–Crippen LogP) is 10.3. The van der Waals surface area contributed by atoms with Crippen LogP contribution in [0.2, 0.25) is 0 Å². The van der Waals surface area contributed by atoms with Gasteiger partial charge in [-0.15, -0.1) is 39.4 Å². The van der Waals surface area contributed by atoms with Gasteiger partial charge in [0.05, 0.1) is 18.1 Å². The summed E-state index contributed by atoms with van der Waals surface area (Å²) in [5, 5.41) is 15.8. The van der Waals surface area contributed by atoms with Crippen molar-refractivity contribution >= 4 is 56.3 Å². The maximum atomic E-state index is 8.55. The monoisotopic (exact) mass is 1020 g/mol. The van der Waals surface area contributed by atoms with E-state index in [2.05, 4.69) is 195 Å². The van der Waals surface area contributed by atoms with Crippen molar-refractivity contribution in [3.63, 3.8) is 0 Å². The maximum absolute atomic E-state index is 8.55. The molecule has 64 heavy (non-hydrogen) atoms. The normalized spacial score (nSPS) is 11.3. The molecule has 3 aromatic heterocycles. The molecule has 0 aliphatic heterocycles.